The average molecular weight is 452 g/mol. The van der Waals surface area contributed by atoms with Crippen molar-refractivity contribution in [3.63, 3.8) is 0 Å². The average Bonchev–Trinajstić information content (AvgIpc) is 2.73. The molecule has 1 N–H and O–H groups in total. The van der Waals surface area contributed by atoms with Crippen LogP contribution in [-0.4, -0.2) is 64.3 Å². The highest BCUT2D eigenvalue weighted by atomic mass is 32.2. The molecule has 3 rings (SSSR count). The molecule has 0 unspecified atom stereocenters. The van der Waals surface area contributed by atoms with E-state index in [1.54, 1.807) is 0 Å². The van der Waals surface area contributed by atoms with Crippen LogP contribution in [0.25, 0.3) is 0 Å². The molecule has 0 aromatic heterocycles. The number of benzene rings is 2. The molecule has 0 saturated heterocycles. The van der Waals surface area contributed by atoms with Crippen LogP contribution in [0, 0.1) is 0 Å². The van der Waals surface area contributed by atoms with Gasteiger partial charge in [-0.15, -0.1) is 0 Å². The van der Waals surface area contributed by atoms with Crippen LogP contribution in [0.3, 0.4) is 0 Å². The molecule has 1 heterocycles. The lowest BCUT2D eigenvalue weighted by Crippen LogP contribution is -2.40. The van der Waals surface area contributed by atoms with Gasteiger partial charge in [0.15, 0.2) is 0 Å². The minimum absolute atomic E-state index is 0.0307. The van der Waals surface area contributed by atoms with Crippen molar-refractivity contribution in [1.29, 1.82) is 0 Å². The van der Waals surface area contributed by atoms with Gasteiger partial charge in [-0.3, -0.25) is 4.79 Å². The third kappa shape index (κ3) is 4.89. The summed E-state index contributed by atoms with van der Waals surface area (Å²) in [6.07, 6.45) is 0.671. The summed E-state index contributed by atoms with van der Waals surface area (Å²) in [5.74, 6) is -0.656. The van der Waals surface area contributed by atoms with E-state index in [0.717, 1.165) is 15.4 Å². The van der Waals surface area contributed by atoms with Crippen LogP contribution in [-0.2, 0) is 33.0 Å². The number of carbonyl (C=O) groups is 1. The first-order valence-electron chi connectivity index (χ1n) is 9.46. The molecule has 0 spiro atoms. The summed E-state index contributed by atoms with van der Waals surface area (Å²) in [5.41, 5.74) is 2.43. The minimum Gasteiger partial charge on any atom is -0.351 e. The Balaban J connectivity index is 1.56. The van der Waals surface area contributed by atoms with E-state index in [-0.39, 0.29) is 22.8 Å². The van der Waals surface area contributed by atoms with Crippen LogP contribution in [0.5, 0.6) is 0 Å². The molecule has 0 radical (unpaired) electrons. The van der Waals surface area contributed by atoms with Gasteiger partial charge >= 0.3 is 0 Å². The Kier molecular flexibility index (Phi) is 6.61. The first kappa shape index (κ1) is 22.4. The van der Waals surface area contributed by atoms with Gasteiger partial charge in [0, 0.05) is 39.3 Å². The zero-order valence-electron chi connectivity index (χ0n) is 16.9. The molecule has 0 aliphatic carbocycles. The number of sulfonamides is 2. The Bertz CT molecular complexity index is 1130. The zero-order chi connectivity index (χ0) is 21.9. The maximum absolute atomic E-state index is 12.6. The number of hydrogen-bond acceptors (Lipinski definition) is 5. The zero-order valence-corrected chi connectivity index (χ0v) is 18.5. The van der Waals surface area contributed by atoms with Gasteiger partial charge in [0.1, 0.15) is 0 Å². The highest BCUT2D eigenvalue weighted by molar-refractivity contribution is 7.89. The number of fused-ring (bicyclic) bond motifs is 1. The third-order valence-electron chi connectivity index (χ3n) is 5.03. The molecule has 1 aliphatic heterocycles. The second kappa shape index (κ2) is 8.84. The monoisotopic (exact) mass is 451 g/mol. The van der Waals surface area contributed by atoms with Crippen LogP contribution in [0.2, 0.25) is 0 Å². The Morgan fingerprint density at radius 3 is 2.27 bits per heavy atom. The Morgan fingerprint density at radius 1 is 1.00 bits per heavy atom. The number of rotatable bonds is 7. The van der Waals surface area contributed by atoms with Gasteiger partial charge < -0.3 is 5.32 Å². The van der Waals surface area contributed by atoms with Crippen molar-refractivity contribution in [3.8, 4) is 0 Å². The van der Waals surface area contributed by atoms with Gasteiger partial charge in [0.25, 0.3) is 5.91 Å². The number of nitrogens with one attached hydrogen (secondary N) is 1. The van der Waals surface area contributed by atoms with E-state index >= 15 is 0 Å². The van der Waals surface area contributed by atoms with E-state index in [2.05, 4.69) is 5.32 Å². The molecule has 1 aliphatic rings. The standard InChI is InChI=1S/C20H25N3O5S2/c1-22(2)30(27,28)19-9-7-17(8-10-19)20(24)21-12-14-29(25,26)23-13-11-16-5-3-4-6-18(16)15-23/h3-10H,11-15H2,1-2H3,(H,21,24). The molecular formula is C20H25N3O5S2. The number of nitrogens with zero attached hydrogens (tertiary/aromatic N) is 2. The Hall–Kier alpha value is -2.27. The summed E-state index contributed by atoms with van der Waals surface area (Å²) < 4.78 is 52.0. The van der Waals surface area contributed by atoms with Gasteiger partial charge in [0.05, 0.1) is 10.6 Å². The first-order chi connectivity index (χ1) is 14.1. The highest BCUT2D eigenvalue weighted by Crippen LogP contribution is 2.21. The second-order valence-corrected chi connectivity index (χ2v) is 11.5. The minimum atomic E-state index is -3.57. The van der Waals surface area contributed by atoms with Crippen molar-refractivity contribution in [3.05, 3.63) is 65.2 Å². The van der Waals surface area contributed by atoms with Crippen LogP contribution in [0.1, 0.15) is 21.5 Å². The highest BCUT2D eigenvalue weighted by Gasteiger charge is 2.26. The fourth-order valence-corrected chi connectivity index (χ4v) is 5.45. The maximum Gasteiger partial charge on any atom is 0.251 e. The van der Waals surface area contributed by atoms with Crippen LogP contribution in [0.4, 0.5) is 0 Å². The summed E-state index contributed by atoms with van der Waals surface area (Å²) in [4.78, 5) is 12.4. The van der Waals surface area contributed by atoms with Crippen molar-refractivity contribution in [2.75, 3.05) is 32.9 Å². The van der Waals surface area contributed by atoms with E-state index in [9.17, 15) is 21.6 Å². The molecule has 1 amide bonds. The molecule has 0 saturated carbocycles. The predicted octanol–water partition coefficient (Wildman–Crippen LogP) is 1.05. The quantitative estimate of drug-likeness (QED) is 0.678. The summed E-state index contributed by atoms with van der Waals surface area (Å²) in [5, 5.41) is 2.59. The maximum atomic E-state index is 12.6. The predicted molar refractivity (Wildman–Crippen MR) is 114 cm³/mol. The summed E-state index contributed by atoms with van der Waals surface area (Å²) >= 11 is 0. The fraction of sp³-hybridized carbons (Fsp3) is 0.350. The largest absolute Gasteiger partial charge is 0.351 e. The number of amides is 1. The van der Waals surface area contributed by atoms with Crippen LogP contribution < -0.4 is 5.32 Å². The van der Waals surface area contributed by atoms with E-state index < -0.39 is 26.0 Å². The molecule has 0 bridgehead atoms. The van der Waals surface area contributed by atoms with Crippen molar-refractivity contribution in [2.24, 2.45) is 0 Å². The molecular weight excluding hydrogens is 426 g/mol. The normalized spacial score (nSPS) is 15.0. The number of hydrogen-bond donors (Lipinski definition) is 1. The van der Waals surface area contributed by atoms with Crippen molar-refractivity contribution in [1.82, 2.24) is 13.9 Å². The fourth-order valence-electron chi connectivity index (χ4n) is 3.22. The smallest absolute Gasteiger partial charge is 0.251 e. The van der Waals surface area contributed by atoms with E-state index in [1.165, 1.54) is 42.7 Å². The lowest BCUT2D eigenvalue weighted by molar-refractivity contribution is 0.0956. The molecule has 0 fully saturated rings. The van der Waals surface area contributed by atoms with Gasteiger partial charge in [-0.25, -0.2) is 21.1 Å². The molecule has 10 heteroatoms. The SMILES string of the molecule is CN(C)S(=O)(=O)c1ccc(C(=O)NCCS(=O)(=O)N2CCc3ccccc3C2)cc1. The van der Waals surface area contributed by atoms with Gasteiger partial charge in [-0.05, 0) is 41.8 Å². The second-order valence-electron chi connectivity index (χ2n) is 7.24. The van der Waals surface area contributed by atoms with Gasteiger partial charge in [0.2, 0.25) is 20.0 Å². The van der Waals surface area contributed by atoms with Gasteiger partial charge in [-0.1, -0.05) is 24.3 Å². The van der Waals surface area contributed by atoms with Crippen LogP contribution >= 0.6 is 0 Å². The molecule has 162 valence electrons. The van der Waals surface area contributed by atoms with Crippen LogP contribution in [0.15, 0.2) is 53.4 Å². The van der Waals surface area contributed by atoms with Crippen molar-refractivity contribution in [2.45, 2.75) is 17.9 Å². The van der Waals surface area contributed by atoms with E-state index in [0.29, 0.717) is 19.5 Å². The van der Waals surface area contributed by atoms with Gasteiger partial charge in [-0.2, -0.15) is 4.31 Å². The van der Waals surface area contributed by atoms with E-state index in [4.69, 9.17) is 0 Å². The molecule has 30 heavy (non-hydrogen) atoms. The summed E-state index contributed by atoms with van der Waals surface area (Å²) in [6.45, 7) is 0.737. The van der Waals surface area contributed by atoms with Crippen molar-refractivity contribution < 1.29 is 21.6 Å². The molecule has 2 aromatic carbocycles. The molecule has 2 aromatic rings. The molecule has 0 atom stereocenters. The Morgan fingerprint density at radius 2 is 1.63 bits per heavy atom. The topological polar surface area (TPSA) is 104 Å². The summed E-state index contributed by atoms with van der Waals surface area (Å²) in [6, 6.07) is 13.3. The summed E-state index contributed by atoms with van der Waals surface area (Å²) in [7, 11) is -4.22. The molecule has 8 nitrogen and oxygen atoms in total. The lowest BCUT2D eigenvalue weighted by atomic mass is 10.0. The first-order valence-corrected chi connectivity index (χ1v) is 12.5. The third-order valence-corrected chi connectivity index (χ3v) is 8.68. The Labute approximate surface area is 177 Å². The number of carbonyl (C=O) groups excluding carboxylic acids is 1. The lowest BCUT2D eigenvalue weighted by Gasteiger charge is -2.28. The van der Waals surface area contributed by atoms with E-state index in [1.807, 2.05) is 24.3 Å². The van der Waals surface area contributed by atoms with Crippen molar-refractivity contribution >= 4 is 26.0 Å².